The molecule has 1 aromatic heterocycles. The number of nitrogens with one attached hydrogen (secondary N) is 1. The fourth-order valence-corrected chi connectivity index (χ4v) is 2.49. The van der Waals surface area contributed by atoms with E-state index >= 15 is 0 Å². The van der Waals surface area contributed by atoms with Crippen molar-refractivity contribution in [3.63, 3.8) is 0 Å². The maximum Gasteiger partial charge on any atom is 0.295 e. The highest BCUT2D eigenvalue weighted by Gasteiger charge is 2.13. The van der Waals surface area contributed by atoms with Gasteiger partial charge in [-0.1, -0.05) is 18.2 Å². The molecule has 2 N–H and O–H groups in total. The first-order chi connectivity index (χ1) is 10.6. The molecule has 5 nitrogen and oxygen atoms in total. The van der Waals surface area contributed by atoms with Crippen molar-refractivity contribution in [2.75, 3.05) is 0 Å². The van der Waals surface area contributed by atoms with E-state index in [1.807, 2.05) is 0 Å². The lowest BCUT2D eigenvalue weighted by Crippen LogP contribution is -1.93. The Morgan fingerprint density at radius 3 is 2.77 bits per heavy atom. The molecule has 0 aliphatic rings. The summed E-state index contributed by atoms with van der Waals surface area (Å²) in [5.41, 5.74) is 0.887. The van der Waals surface area contributed by atoms with Crippen molar-refractivity contribution in [3.8, 4) is 5.88 Å². The number of para-hydroxylation sites is 1. The molecule has 0 atom stereocenters. The molecule has 3 aromatic rings. The van der Waals surface area contributed by atoms with Crippen molar-refractivity contribution >= 4 is 38.4 Å². The van der Waals surface area contributed by atoms with Crippen LogP contribution in [0.2, 0.25) is 0 Å². The molecule has 0 saturated carbocycles. The molecule has 0 unspecified atom stereocenters. The third kappa shape index (κ3) is 2.62. The van der Waals surface area contributed by atoms with Gasteiger partial charge in [0.15, 0.2) is 5.69 Å². The Kier molecular flexibility index (Phi) is 3.72. The second kappa shape index (κ2) is 5.69. The van der Waals surface area contributed by atoms with E-state index in [0.29, 0.717) is 10.9 Å². The Bertz CT molecular complexity index is 905. The van der Waals surface area contributed by atoms with E-state index in [1.54, 1.807) is 18.2 Å². The molecule has 0 radical (unpaired) electrons. The topological polar surface area (TPSA) is 77.8 Å². The van der Waals surface area contributed by atoms with Gasteiger partial charge >= 0.3 is 0 Å². The van der Waals surface area contributed by atoms with Gasteiger partial charge < -0.3 is 10.1 Å². The summed E-state index contributed by atoms with van der Waals surface area (Å²) in [6.45, 7) is 0. The zero-order chi connectivity index (χ0) is 15.7. The quantitative estimate of drug-likeness (QED) is 0.649. The number of nitrogens with zero attached hydrogens (tertiary/aromatic N) is 2. The molecule has 110 valence electrons. The van der Waals surface area contributed by atoms with E-state index in [4.69, 9.17) is 0 Å². The monoisotopic (exact) mass is 361 g/mol. The number of aromatic nitrogens is 1. The van der Waals surface area contributed by atoms with Crippen LogP contribution in [-0.4, -0.2) is 16.0 Å². The lowest BCUT2D eigenvalue weighted by Gasteiger charge is -1.95. The Morgan fingerprint density at radius 2 is 2.00 bits per heavy atom. The molecule has 0 aliphatic carbocycles. The summed E-state index contributed by atoms with van der Waals surface area (Å²) >= 11 is 3.35. The molecule has 2 aromatic carbocycles. The Hall–Kier alpha value is -2.54. The van der Waals surface area contributed by atoms with E-state index in [9.17, 15) is 14.3 Å². The lowest BCUT2D eigenvalue weighted by atomic mass is 10.2. The van der Waals surface area contributed by atoms with Crippen LogP contribution < -0.4 is 0 Å². The van der Waals surface area contributed by atoms with Crippen LogP contribution in [0.1, 0.15) is 10.4 Å². The fraction of sp³-hybridized carbons (Fsp3) is 0. The highest BCUT2D eigenvalue weighted by molar-refractivity contribution is 9.10. The molecule has 0 aliphatic heterocycles. The number of amides is 1. The maximum atomic E-state index is 13.1. The van der Waals surface area contributed by atoms with Gasteiger partial charge in [0.1, 0.15) is 5.82 Å². The van der Waals surface area contributed by atoms with Gasteiger partial charge in [0.05, 0.1) is 5.52 Å². The van der Waals surface area contributed by atoms with Gasteiger partial charge in [0.25, 0.3) is 5.91 Å². The second-order valence-corrected chi connectivity index (χ2v) is 5.35. The SMILES string of the molecule is O=C(N=Nc1c(O)[nH]c2c(Br)cccc12)c1cccc(F)c1. The molecule has 0 saturated heterocycles. The average molecular weight is 362 g/mol. The third-order valence-corrected chi connectivity index (χ3v) is 3.71. The highest BCUT2D eigenvalue weighted by atomic mass is 79.9. The zero-order valence-corrected chi connectivity index (χ0v) is 12.6. The predicted octanol–water partition coefficient (Wildman–Crippen LogP) is 4.70. The van der Waals surface area contributed by atoms with Crippen molar-refractivity contribution in [1.82, 2.24) is 4.98 Å². The number of hydrogen-bond acceptors (Lipinski definition) is 3. The van der Waals surface area contributed by atoms with Crippen molar-refractivity contribution < 1.29 is 14.3 Å². The average Bonchev–Trinajstić information content (AvgIpc) is 2.82. The van der Waals surface area contributed by atoms with Gasteiger partial charge in [-0.05, 0) is 40.2 Å². The summed E-state index contributed by atoms with van der Waals surface area (Å²) in [7, 11) is 0. The first-order valence-corrected chi connectivity index (χ1v) is 7.06. The Labute approximate surface area is 132 Å². The number of benzene rings is 2. The number of carbonyl (C=O) groups is 1. The molecule has 0 fully saturated rings. The van der Waals surface area contributed by atoms with Gasteiger partial charge in [0, 0.05) is 15.4 Å². The van der Waals surface area contributed by atoms with Gasteiger partial charge in [-0.3, -0.25) is 4.79 Å². The second-order valence-electron chi connectivity index (χ2n) is 4.50. The van der Waals surface area contributed by atoms with Crippen molar-refractivity contribution in [2.45, 2.75) is 0 Å². The molecule has 1 heterocycles. The molecular formula is C15H9BrFN3O2. The maximum absolute atomic E-state index is 13.1. The van der Waals surface area contributed by atoms with Gasteiger partial charge in [-0.2, -0.15) is 0 Å². The number of H-pyrrole nitrogens is 1. The summed E-state index contributed by atoms with van der Waals surface area (Å²) < 4.78 is 13.8. The predicted molar refractivity (Wildman–Crippen MR) is 82.9 cm³/mol. The number of carbonyl (C=O) groups excluding carboxylic acids is 1. The van der Waals surface area contributed by atoms with Gasteiger partial charge in [-0.15, -0.1) is 10.2 Å². The number of rotatable bonds is 2. The van der Waals surface area contributed by atoms with Crippen LogP contribution in [0, 0.1) is 5.82 Å². The smallest absolute Gasteiger partial charge is 0.295 e. The van der Waals surface area contributed by atoms with Crippen LogP contribution in [0.15, 0.2) is 57.2 Å². The largest absolute Gasteiger partial charge is 0.493 e. The molecule has 1 amide bonds. The van der Waals surface area contributed by atoms with Crippen molar-refractivity contribution in [1.29, 1.82) is 0 Å². The third-order valence-electron chi connectivity index (χ3n) is 3.05. The standard InChI is InChI=1S/C15H9BrFN3O2/c16-11-6-2-5-10-12(11)18-15(22)13(10)19-20-14(21)8-3-1-4-9(17)7-8/h1-7,18,22H. The van der Waals surface area contributed by atoms with Crippen LogP contribution in [-0.2, 0) is 0 Å². The van der Waals surface area contributed by atoms with Crippen LogP contribution in [0.4, 0.5) is 10.1 Å². The fourth-order valence-electron chi connectivity index (χ4n) is 2.03. The van der Waals surface area contributed by atoms with E-state index in [-0.39, 0.29) is 17.1 Å². The van der Waals surface area contributed by atoms with E-state index in [1.165, 1.54) is 18.2 Å². The molecular weight excluding hydrogens is 353 g/mol. The van der Waals surface area contributed by atoms with Crippen molar-refractivity contribution in [2.24, 2.45) is 10.2 Å². The van der Waals surface area contributed by atoms with E-state index in [2.05, 4.69) is 31.1 Å². The normalized spacial score (nSPS) is 11.4. The van der Waals surface area contributed by atoms with E-state index in [0.717, 1.165) is 10.5 Å². The first-order valence-electron chi connectivity index (χ1n) is 6.27. The minimum Gasteiger partial charge on any atom is -0.493 e. The number of halogens is 2. The Balaban J connectivity index is 1.98. The number of aromatic amines is 1. The van der Waals surface area contributed by atoms with Crippen LogP contribution in [0.3, 0.4) is 0 Å². The first kappa shape index (κ1) is 14.4. The van der Waals surface area contributed by atoms with Crippen LogP contribution >= 0.6 is 15.9 Å². The summed E-state index contributed by atoms with van der Waals surface area (Å²) in [4.78, 5) is 14.6. The van der Waals surface area contributed by atoms with Crippen LogP contribution in [0.25, 0.3) is 10.9 Å². The summed E-state index contributed by atoms with van der Waals surface area (Å²) in [5, 5.41) is 17.8. The highest BCUT2D eigenvalue weighted by Crippen LogP contribution is 2.38. The Morgan fingerprint density at radius 1 is 1.23 bits per heavy atom. The molecule has 0 spiro atoms. The molecule has 0 bridgehead atoms. The van der Waals surface area contributed by atoms with Crippen LogP contribution in [0.5, 0.6) is 5.88 Å². The summed E-state index contributed by atoms with van der Waals surface area (Å²) in [6.07, 6.45) is 0. The molecule has 22 heavy (non-hydrogen) atoms. The lowest BCUT2D eigenvalue weighted by molar-refractivity contribution is 0.0994. The van der Waals surface area contributed by atoms with Gasteiger partial charge in [0.2, 0.25) is 5.88 Å². The minimum absolute atomic E-state index is 0.0873. The molecule has 7 heteroatoms. The van der Waals surface area contributed by atoms with Crippen molar-refractivity contribution in [3.05, 3.63) is 58.3 Å². The zero-order valence-electron chi connectivity index (χ0n) is 11.0. The number of aromatic hydroxyl groups is 1. The van der Waals surface area contributed by atoms with E-state index < -0.39 is 11.7 Å². The number of fused-ring (bicyclic) bond motifs is 1. The summed E-state index contributed by atoms with van der Waals surface area (Å²) in [5.74, 6) is -1.42. The number of hydrogen-bond donors (Lipinski definition) is 2. The minimum atomic E-state index is -0.691. The number of azo groups is 1. The molecule has 3 rings (SSSR count). The summed E-state index contributed by atoms with van der Waals surface area (Å²) in [6, 6.07) is 10.5. The van der Waals surface area contributed by atoms with Gasteiger partial charge in [-0.25, -0.2) is 4.39 Å².